The lowest BCUT2D eigenvalue weighted by molar-refractivity contribution is 0.439. The number of aryl methyl sites for hydroxylation is 1. The minimum atomic E-state index is -1.48. The molecule has 0 aliphatic heterocycles. The minimum Gasteiger partial charge on any atom is -0.273 e. The van der Waals surface area contributed by atoms with Gasteiger partial charge in [0, 0.05) is 12.7 Å². The molecule has 0 saturated carbocycles. The van der Waals surface area contributed by atoms with Gasteiger partial charge in [0.1, 0.15) is 0 Å². The van der Waals surface area contributed by atoms with E-state index in [1.54, 1.807) is 10.9 Å². The SMILES string of the molecule is CCn1cc(CC(NN)c2cc(F)c(F)c(F)c2)cn1. The maximum Gasteiger partial charge on any atom is 0.194 e. The smallest absolute Gasteiger partial charge is 0.194 e. The van der Waals surface area contributed by atoms with Gasteiger partial charge in [0.15, 0.2) is 17.5 Å². The molecule has 1 atom stereocenters. The summed E-state index contributed by atoms with van der Waals surface area (Å²) in [7, 11) is 0. The van der Waals surface area contributed by atoms with Crippen LogP contribution in [0.3, 0.4) is 0 Å². The lowest BCUT2D eigenvalue weighted by Crippen LogP contribution is -2.29. The third-order valence-corrected chi connectivity index (χ3v) is 3.06. The van der Waals surface area contributed by atoms with Crippen molar-refractivity contribution in [3.63, 3.8) is 0 Å². The third-order valence-electron chi connectivity index (χ3n) is 3.06. The van der Waals surface area contributed by atoms with Crippen LogP contribution >= 0.6 is 0 Å². The van der Waals surface area contributed by atoms with Crippen LogP contribution in [0, 0.1) is 17.5 Å². The molecule has 0 saturated heterocycles. The van der Waals surface area contributed by atoms with E-state index in [2.05, 4.69) is 10.5 Å². The lowest BCUT2D eigenvalue weighted by atomic mass is 10.0. The van der Waals surface area contributed by atoms with Crippen molar-refractivity contribution in [3.8, 4) is 0 Å². The Morgan fingerprint density at radius 1 is 1.30 bits per heavy atom. The number of benzene rings is 1. The number of hydrazine groups is 1. The van der Waals surface area contributed by atoms with Gasteiger partial charge in [-0.15, -0.1) is 0 Å². The van der Waals surface area contributed by atoms with E-state index in [0.717, 1.165) is 24.2 Å². The Hall–Kier alpha value is -1.86. The molecule has 0 spiro atoms. The van der Waals surface area contributed by atoms with Gasteiger partial charge in [-0.1, -0.05) is 0 Å². The summed E-state index contributed by atoms with van der Waals surface area (Å²) in [5.74, 6) is 1.47. The molecular formula is C13H15F3N4. The second-order valence-electron chi connectivity index (χ2n) is 4.43. The van der Waals surface area contributed by atoms with Crippen molar-refractivity contribution in [1.29, 1.82) is 0 Å². The average Bonchev–Trinajstić information content (AvgIpc) is 2.89. The van der Waals surface area contributed by atoms with E-state index in [1.807, 2.05) is 13.1 Å². The van der Waals surface area contributed by atoms with Gasteiger partial charge in [-0.25, -0.2) is 13.2 Å². The molecule has 4 nitrogen and oxygen atoms in total. The first-order valence-electron chi connectivity index (χ1n) is 6.17. The fourth-order valence-electron chi connectivity index (χ4n) is 1.97. The van der Waals surface area contributed by atoms with Gasteiger partial charge in [-0.05, 0) is 36.6 Å². The number of hydrogen-bond acceptors (Lipinski definition) is 3. The topological polar surface area (TPSA) is 55.9 Å². The van der Waals surface area contributed by atoms with E-state index in [-0.39, 0.29) is 5.56 Å². The van der Waals surface area contributed by atoms with Crippen molar-refractivity contribution in [2.75, 3.05) is 0 Å². The summed E-state index contributed by atoms with van der Waals surface area (Å²) in [5, 5.41) is 4.10. The Kier molecular flexibility index (Phi) is 4.41. The Balaban J connectivity index is 2.23. The van der Waals surface area contributed by atoms with Crippen LogP contribution in [0.25, 0.3) is 0 Å². The quantitative estimate of drug-likeness (QED) is 0.502. The van der Waals surface area contributed by atoms with E-state index >= 15 is 0 Å². The fourth-order valence-corrected chi connectivity index (χ4v) is 1.97. The highest BCUT2D eigenvalue weighted by molar-refractivity contribution is 5.24. The van der Waals surface area contributed by atoms with Crippen LogP contribution in [0.15, 0.2) is 24.5 Å². The summed E-state index contributed by atoms with van der Waals surface area (Å²) in [5.41, 5.74) is 3.58. The second-order valence-corrected chi connectivity index (χ2v) is 4.43. The van der Waals surface area contributed by atoms with Crippen molar-refractivity contribution < 1.29 is 13.2 Å². The maximum atomic E-state index is 13.2. The molecule has 20 heavy (non-hydrogen) atoms. The van der Waals surface area contributed by atoms with Crippen LogP contribution in [0.4, 0.5) is 13.2 Å². The van der Waals surface area contributed by atoms with Crippen LogP contribution in [-0.2, 0) is 13.0 Å². The van der Waals surface area contributed by atoms with Gasteiger partial charge < -0.3 is 0 Å². The summed E-state index contributed by atoms with van der Waals surface area (Å²) < 4.78 is 41.1. The van der Waals surface area contributed by atoms with Crippen LogP contribution in [0.2, 0.25) is 0 Å². The molecule has 0 radical (unpaired) electrons. The van der Waals surface area contributed by atoms with Crippen LogP contribution in [-0.4, -0.2) is 9.78 Å². The zero-order chi connectivity index (χ0) is 14.7. The third kappa shape index (κ3) is 3.00. The van der Waals surface area contributed by atoms with Crippen molar-refractivity contribution in [2.24, 2.45) is 5.84 Å². The van der Waals surface area contributed by atoms with Gasteiger partial charge in [0.25, 0.3) is 0 Å². The van der Waals surface area contributed by atoms with Gasteiger partial charge in [-0.3, -0.25) is 16.0 Å². The summed E-state index contributed by atoms with van der Waals surface area (Å²) in [6, 6.07) is 1.34. The van der Waals surface area contributed by atoms with E-state index in [1.165, 1.54) is 0 Å². The van der Waals surface area contributed by atoms with Crippen molar-refractivity contribution in [2.45, 2.75) is 25.9 Å². The van der Waals surface area contributed by atoms with Crippen LogP contribution in [0.5, 0.6) is 0 Å². The number of nitrogens with one attached hydrogen (secondary N) is 1. The molecule has 0 aliphatic rings. The first-order valence-corrected chi connectivity index (χ1v) is 6.17. The van der Waals surface area contributed by atoms with E-state index in [4.69, 9.17) is 5.84 Å². The van der Waals surface area contributed by atoms with Crippen molar-refractivity contribution in [3.05, 3.63) is 53.1 Å². The average molecular weight is 284 g/mol. The molecule has 108 valence electrons. The molecule has 1 heterocycles. The normalized spacial score (nSPS) is 12.7. The number of hydrogen-bond donors (Lipinski definition) is 2. The maximum absolute atomic E-state index is 13.2. The standard InChI is InChI=1S/C13H15F3N4/c1-2-20-7-8(6-18-20)3-12(19-17)9-4-10(14)13(16)11(15)5-9/h4-7,12,19H,2-3,17H2,1H3. The Labute approximate surface area is 114 Å². The summed E-state index contributed by atoms with van der Waals surface area (Å²) >= 11 is 0. The largest absolute Gasteiger partial charge is 0.273 e. The monoisotopic (exact) mass is 284 g/mol. The zero-order valence-electron chi connectivity index (χ0n) is 10.9. The number of nitrogens with zero attached hydrogens (tertiary/aromatic N) is 2. The van der Waals surface area contributed by atoms with Gasteiger partial charge in [0.05, 0.1) is 12.2 Å². The zero-order valence-corrected chi connectivity index (χ0v) is 10.9. The molecule has 1 aromatic heterocycles. The molecule has 2 aromatic rings. The molecule has 1 unspecified atom stereocenters. The predicted molar refractivity (Wildman–Crippen MR) is 68.0 cm³/mol. The van der Waals surface area contributed by atoms with E-state index < -0.39 is 23.5 Å². The lowest BCUT2D eigenvalue weighted by Gasteiger charge is -2.16. The molecule has 0 amide bonds. The minimum absolute atomic E-state index is 0.244. The first-order chi connectivity index (χ1) is 9.55. The van der Waals surface area contributed by atoms with Crippen LogP contribution < -0.4 is 11.3 Å². The summed E-state index contributed by atoms with van der Waals surface area (Å²) in [6.07, 6.45) is 3.87. The number of halogens is 3. The molecule has 0 bridgehead atoms. The molecular weight excluding hydrogens is 269 g/mol. The van der Waals surface area contributed by atoms with Gasteiger partial charge in [0.2, 0.25) is 0 Å². The Bertz CT molecular complexity index is 574. The molecule has 2 rings (SSSR count). The van der Waals surface area contributed by atoms with E-state index in [0.29, 0.717) is 6.42 Å². The predicted octanol–water partition coefficient (Wildman–Crippen LogP) is 2.07. The summed E-state index contributed by atoms with van der Waals surface area (Å²) in [4.78, 5) is 0. The second kappa shape index (κ2) is 6.06. The van der Waals surface area contributed by atoms with E-state index in [9.17, 15) is 13.2 Å². The van der Waals surface area contributed by atoms with Gasteiger partial charge >= 0.3 is 0 Å². The first kappa shape index (κ1) is 14.5. The summed E-state index contributed by atoms with van der Waals surface area (Å²) in [6.45, 7) is 2.67. The number of rotatable bonds is 5. The number of nitrogens with two attached hydrogens (primary N) is 1. The highest BCUT2D eigenvalue weighted by Gasteiger charge is 2.17. The number of aromatic nitrogens is 2. The van der Waals surface area contributed by atoms with Gasteiger partial charge in [-0.2, -0.15) is 5.10 Å². The van der Waals surface area contributed by atoms with Crippen molar-refractivity contribution >= 4 is 0 Å². The molecule has 3 N–H and O–H groups in total. The van der Waals surface area contributed by atoms with Crippen molar-refractivity contribution in [1.82, 2.24) is 15.2 Å². The fraction of sp³-hybridized carbons (Fsp3) is 0.308. The Morgan fingerprint density at radius 3 is 2.45 bits per heavy atom. The molecule has 0 fully saturated rings. The molecule has 0 aliphatic carbocycles. The van der Waals surface area contributed by atoms with Crippen LogP contribution in [0.1, 0.15) is 24.1 Å². The highest BCUT2D eigenvalue weighted by atomic mass is 19.2. The Morgan fingerprint density at radius 2 is 1.95 bits per heavy atom. The highest BCUT2D eigenvalue weighted by Crippen LogP contribution is 2.22. The molecule has 7 heteroatoms. The molecule has 1 aromatic carbocycles.